The van der Waals surface area contributed by atoms with E-state index >= 15 is 0 Å². The van der Waals surface area contributed by atoms with E-state index in [1.807, 2.05) is 11.8 Å². The molecule has 0 aromatic rings. The van der Waals surface area contributed by atoms with E-state index in [4.69, 9.17) is 0 Å². The van der Waals surface area contributed by atoms with Crippen LogP contribution in [0.15, 0.2) is 0 Å². The third kappa shape index (κ3) is 4.52. The fraction of sp³-hybridized carbons (Fsp3) is 0.889. The van der Waals surface area contributed by atoms with Crippen LogP contribution in [0.2, 0.25) is 0 Å². The molecular weight excluding hydrogens is 184 g/mol. The Bertz CT molecular complexity index is 164. The maximum atomic E-state index is 11.2. The lowest BCUT2D eigenvalue weighted by Crippen LogP contribution is -2.33. The number of carbonyl (C=O) groups is 1. The topological polar surface area (TPSA) is 41.1 Å². The monoisotopic (exact) mass is 202 g/mol. The molecule has 0 radical (unpaired) electrons. The molecule has 0 spiro atoms. The Kier molecular flexibility index (Phi) is 5.23. The minimum atomic E-state index is 0.194. The van der Waals surface area contributed by atoms with Crippen LogP contribution in [0, 0.1) is 0 Å². The molecule has 1 fully saturated rings. The maximum absolute atomic E-state index is 11.2. The van der Waals surface area contributed by atoms with Crippen molar-refractivity contribution in [1.29, 1.82) is 0 Å². The molecule has 0 saturated carbocycles. The first-order valence-electron chi connectivity index (χ1n) is 4.82. The normalized spacial score (nSPS) is 23.8. The summed E-state index contributed by atoms with van der Waals surface area (Å²) in [6.07, 6.45) is 4.96. The molecule has 1 rings (SSSR count). The molecule has 0 aromatic heterocycles. The van der Waals surface area contributed by atoms with Gasteiger partial charge in [0.25, 0.3) is 0 Å². The number of amides is 1. The van der Waals surface area contributed by atoms with Crippen molar-refractivity contribution in [3.63, 3.8) is 0 Å². The Hall–Kier alpha value is -0.220. The van der Waals surface area contributed by atoms with Gasteiger partial charge < -0.3 is 10.6 Å². The second-order valence-corrected chi connectivity index (χ2v) is 4.33. The van der Waals surface area contributed by atoms with Gasteiger partial charge in [-0.15, -0.1) is 0 Å². The third-order valence-corrected chi connectivity index (χ3v) is 2.83. The van der Waals surface area contributed by atoms with Crippen LogP contribution in [0.4, 0.5) is 0 Å². The van der Waals surface area contributed by atoms with Crippen LogP contribution in [0.1, 0.15) is 19.3 Å². The highest BCUT2D eigenvalue weighted by Gasteiger charge is 2.15. The van der Waals surface area contributed by atoms with Crippen molar-refractivity contribution in [3.8, 4) is 0 Å². The van der Waals surface area contributed by atoms with Gasteiger partial charge in [-0.2, -0.15) is 11.8 Å². The number of rotatable bonds is 4. The summed E-state index contributed by atoms with van der Waals surface area (Å²) in [6, 6.07) is 0.398. The van der Waals surface area contributed by atoms with Crippen LogP contribution < -0.4 is 10.6 Å². The van der Waals surface area contributed by atoms with Gasteiger partial charge in [0, 0.05) is 31.3 Å². The summed E-state index contributed by atoms with van der Waals surface area (Å²) < 4.78 is 0. The van der Waals surface area contributed by atoms with Crippen molar-refractivity contribution in [2.45, 2.75) is 25.3 Å². The second kappa shape index (κ2) is 6.27. The minimum Gasteiger partial charge on any atom is -0.356 e. The summed E-state index contributed by atoms with van der Waals surface area (Å²) in [5.41, 5.74) is 0. The minimum absolute atomic E-state index is 0.194. The van der Waals surface area contributed by atoms with E-state index < -0.39 is 0 Å². The molecule has 13 heavy (non-hydrogen) atoms. The molecule has 3 nitrogen and oxygen atoms in total. The molecule has 76 valence electrons. The van der Waals surface area contributed by atoms with Gasteiger partial charge in [0.1, 0.15) is 0 Å². The van der Waals surface area contributed by atoms with Crippen LogP contribution in [0.5, 0.6) is 0 Å². The van der Waals surface area contributed by atoms with E-state index in [0.29, 0.717) is 12.5 Å². The first-order chi connectivity index (χ1) is 6.33. The molecule has 1 aliphatic rings. The average Bonchev–Trinajstić information content (AvgIpc) is 2.31. The van der Waals surface area contributed by atoms with Crippen molar-refractivity contribution in [2.75, 3.05) is 25.1 Å². The van der Waals surface area contributed by atoms with Crippen LogP contribution in [0.3, 0.4) is 0 Å². The van der Waals surface area contributed by atoms with Crippen LogP contribution in [0.25, 0.3) is 0 Å². The molecule has 4 heteroatoms. The number of thioether (sulfide) groups is 1. The molecule has 1 aliphatic heterocycles. The second-order valence-electron chi connectivity index (χ2n) is 3.34. The van der Waals surface area contributed by atoms with Crippen molar-refractivity contribution >= 4 is 17.7 Å². The van der Waals surface area contributed by atoms with Gasteiger partial charge in [-0.25, -0.2) is 0 Å². The summed E-state index contributed by atoms with van der Waals surface area (Å²) >= 11 is 1.83. The molecule has 1 heterocycles. The lowest BCUT2D eigenvalue weighted by Gasteiger charge is -2.14. The zero-order chi connectivity index (χ0) is 9.52. The fourth-order valence-electron chi connectivity index (χ4n) is 1.51. The zero-order valence-electron chi connectivity index (χ0n) is 8.14. The molecular formula is C9H18N2OS. The maximum Gasteiger partial charge on any atom is 0.221 e. The largest absolute Gasteiger partial charge is 0.356 e. The predicted octanol–water partition coefficient (Wildman–Crippen LogP) is 0.608. The van der Waals surface area contributed by atoms with Crippen molar-refractivity contribution in [1.82, 2.24) is 10.6 Å². The average molecular weight is 202 g/mol. The lowest BCUT2D eigenvalue weighted by atomic mass is 10.1. The summed E-state index contributed by atoms with van der Waals surface area (Å²) in [6.45, 7) is 1.86. The molecule has 1 atom stereocenters. The lowest BCUT2D eigenvalue weighted by molar-refractivity contribution is -0.121. The number of nitrogens with one attached hydrogen (secondary N) is 2. The third-order valence-electron chi connectivity index (χ3n) is 2.22. The van der Waals surface area contributed by atoms with Gasteiger partial charge >= 0.3 is 0 Å². The molecule has 0 aliphatic carbocycles. The highest BCUT2D eigenvalue weighted by molar-refractivity contribution is 7.98. The van der Waals surface area contributed by atoms with Crippen molar-refractivity contribution in [3.05, 3.63) is 0 Å². The highest BCUT2D eigenvalue weighted by Crippen LogP contribution is 2.05. The molecule has 2 N–H and O–H groups in total. The smallest absolute Gasteiger partial charge is 0.221 e. The van der Waals surface area contributed by atoms with Gasteiger partial charge in [-0.1, -0.05) is 0 Å². The molecule has 1 amide bonds. The number of hydrogen-bond acceptors (Lipinski definition) is 3. The number of carbonyl (C=O) groups excluding carboxylic acids is 1. The van der Waals surface area contributed by atoms with Gasteiger partial charge in [0.15, 0.2) is 0 Å². The van der Waals surface area contributed by atoms with E-state index in [1.165, 1.54) is 0 Å². The van der Waals surface area contributed by atoms with Crippen molar-refractivity contribution < 1.29 is 4.79 Å². The van der Waals surface area contributed by atoms with Crippen LogP contribution in [-0.4, -0.2) is 37.0 Å². The number of hydrogen-bond donors (Lipinski definition) is 2. The summed E-state index contributed by atoms with van der Waals surface area (Å²) in [5, 5.41) is 6.29. The molecule has 1 unspecified atom stereocenters. The first kappa shape index (κ1) is 10.9. The van der Waals surface area contributed by atoms with E-state index in [-0.39, 0.29) is 5.91 Å². The Morgan fingerprint density at radius 2 is 2.54 bits per heavy atom. The van der Waals surface area contributed by atoms with Gasteiger partial charge in [-0.3, -0.25) is 4.79 Å². The van der Waals surface area contributed by atoms with Crippen LogP contribution >= 0.6 is 11.8 Å². The Morgan fingerprint density at radius 3 is 3.31 bits per heavy atom. The van der Waals surface area contributed by atoms with Crippen LogP contribution in [-0.2, 0) is 4.79 Å². The Morgan fingerprint density at radius 1 is 1.69 bits per heavy atom. The highest BCUT2D eigenvalue weighted by atomic mass is 32.2. The van der Waals surface area contributed by atoms with Gasteiger partial charge in [0.2, 0.25) is 5.91 Å². The standard InChI is InChI=1S/C9H18N2OS/c1-13-6-5-10-8-3-2-4-11-9(12)7-8/h8,10H,2-7H2,1H3,(H,11,12). The van der Waals surface area contributed by atoms with Crippen molar-refractivity contribution in [2.24, 2.45) is 0 Å². The molecule has 0 aromatic carbocycles. The molecule has 1 saturated heterocycles. The summed E-state index contributed by atoms with van der Waals surface area (Å²) in [5.74, 6) is 1.32. The quantitative estimate of drug-likeness (QED) is 0.656. The van der Waals surface area contributed by atoms with E-state index in [2.05, 4.69) is 16.9 Å². The Labute approximate surface area is 84.0 Å². The molecule has 0 bridgehead atoms. The van der Waals surface area contributed by atoms with Gasteiger partial charge in [0.05, 0.1) is 0 Å². The van der Waals surface area contributed by atoms with E-state index in [1.54, 1.807) is 0 Å². The summed E-state index contributed by atoms with van der Waals surface area (Å²) in [7, 11) is 0. The fourth-order valence-corrected chi connectivity index (χ4v) is 1.84. The zero-order valence-corrected chi connectivity index (χ0v) is 8.95. The van der Waals surface area contributed by atoms with E-state index in [0.717, 1.165) is 31.7 Å². The SMILES string of the molecule is CSCCNC1CCCNC(=O)C1. The van der Waals surface area contributed by atoms with Gasteiger partial charge in [-0.05, 0) is 19.1 Å². The predicted molar refractivity (Wildman–Crippen MR) is 57.0 cm³/mol. The Balaban J connectivity index is 2.19. The summed E-state index contributed by atoms with van der Waals surface area (Å²) in [4.78, 5) is 11.2. The van der Waals surface area contributed by atoms with E-state index in [9.17, 15) is 4.79 Å². The first-order valence-corrected chi connectivity index (χ1v) is 6.21.